The molecule has 0 amide bonds. The standard InChI is InChI=1S/C15H20O2/c1-2-15(16,11-6-7-11)12-4-3-5-14(10-12)17-13-8-9-13/h3-5,10-11,13,16H,2,6-9H2,1H3. The summed E-state index contributed by atoms with van der Waals surface area (Å²) in [6.07, 6.45) is 5.84. The van der Waals surface area contributed by atoms with Crippen LogP contribution in [0.5, 0.6) is 5.75 Å². The smallest absolute Gasteiger partial charge is 0.120 e. The zero-order chi connectivity index (χ0) is 11.9. The first-order valence-electron chi connectivity index (χ1n) is 6.72. The topological polar surface area (TPSA) is 29.5 Å². The van der Waals surface area contributed by atoms with E-state index in [4.69, 9.17) is 4.74 Å². The highest BCUT2D eigenvalue weighted by atomic mass is 16.5. The van der Waals surface area contributed by atoms with Crippen LogP contribution >= 0.6 is 0 Å². The molecule has 0 aliphatic heterocycles. The molecule has 2 aliphatic carbocycles. The van der Waals surface area contributed by atoms with Crippen molar-refractivity contribution in [1.82, 2.24) is 0 Å². The van der Waals surface area contributed by atoms with E-state index in [0.29, 0.717) is 12.0 Å². The minimum absolute atomic E-state index is 0.417. The molecular weight excluding hydrogens is 212 g/mol. The third-order valence-electron chi connectivity index (χ3n) is 3.95. The quantitative estimate of drug-likeness (QED) is 0.844. The van der Waals surface area contributed by atoms with Crippen molar-refractivity contribution in [3.63, 3.8) is 0 Å². The van der Waals surface area contributed by atoms with Crippen LogP contribution in [0.25, 0.3) is 0 Å². The van der Waals surface area contributed by atoms with E-state index in [1.807, 2.05) is 24.3 Å². The Bertz CT molecular complexity index is 407. The maximum absolute atomic E-state index is 10.7. The maximum atomic E-state index is 10.7. The molecule has 1 N–H and O–H groups in total. The van der Waals surface area contributed by atoms with Crippen LogP contribution < -0.4 is 4.74 Å². The molecule has 0 aromatic heterocycles. The summed E-state index contributed by atoms with van der Waals surface area (Å²) in [6, 6.07) is 8.04. The molecule has 0 spiro atoms. The summed E-state index contributed by atoms with van der Waals surface area (Å²) < 4.78 is 5.79. The molecule has 92 valence electrons. The first kappa shape index (κ1) is 11.1. The molecule has 1 aromatic rings. The van der Waals surface area contributed by atoms with Crippen molar-refractivity contribution in [2.24, 2.45) is 5.92 Å². The van der Waals surface area contributed by atoms with Crippen molar-refractivity contribution >= 4 is 0 Å². The van der Waals surface area contributed by atoms with Gasteiger partial charge < -0.3 is 9.84 Å². The molecule has 2 fully saturated rings. The van der Waals surface area contributed by atoms with E-state index in [0.717, 1.165) is 30.6 Å². The molecule has 0 bridgehead atoms. The summed E-state index contributed by atoms with van der Waals surface area (Å²) >= 11 is 0. The second-order valence-corrected chi connectivity index (χ2v) is 5.40. The molecule has 0 saturated heterocycles. The van der Waals surface area contributed by atoms with Gasteiger partial charge in [-0.3, -0.25) is 0 Å². The minimum Gasteiger partial charge on any atom is -0.490 e. The lowest BCUT2D eigenvalue weighted by Gasteiger charge is -2.27. The molecule has 2 saturated carbocycles. The van der Waals surface area contributed by atoms with Gasteiger partial charge in [-0.05, 0) is 55.7 Å². The Hall–Kier alpha value is -1.02. The third kappa shape index (κ3) is 2.19. The van der Waals surface area contributed by atoms with Gasteiger partial charge >= 0.3 is 0 Å². The van der Waals surface area contributed by atoms with Gasteiger partial charge in [0.2, 0.25) is 0 Å². The molecule has 17 heavy (non-hydrogen) atoms. The zero-order valence-electron chi connectivity index (χ0n) is 10.4. The van der Waals surface area contributed by atoms with Crippen LogP contribution in [0.4, 0.5) is 0 Å². The number of hydrogen-bond acceptors (Lipinski definition) is 2. The van der Waals surface area contributed by atoms with E-state index >= 15 is 0 Å². The van der Waals surface area contributed by atoms with Crippen molar-refractivity contribution < 1.29 is 9.84 Å². The van der Waals surface area contributed by atoms with Gasteiger partial charge in [0.15, 0.2) is 0 Å². The zero-order valence-corrected chi connectivity index (χ0v) is 10.4. The average molecular weight is 232 g/mol. The number of aliphatic hydroxyl groups is 1. The number of benzene rings is 1. The summed E-state index contributed by atoms with van der Waals surface area (Å²) in [7, 11) is 0. The van der Waals surface area contributed by atoms with Crippen LogP contribution in [0.3, 0.4) is 0 Å². The van der Waals surface area contributed by atoms with Crippen LogP contribution in [0, 0.1) is 5.92 Å². The lowest BCUT2D eigenvalue weighted by atomic mass is 9.86. The normalized spacial score (nSPS) is 23.2. The fourth-order valence-corrected chi connectivity index (χ4v) is 2.51. The summed E-state index contributed by atoms with van der Waals surface area (Å²) in [6.45, 7) is 2.06. The van der Waals surface area contributed by atoms with E-state index in [2.05, 4.69) is 6.92 Å². The number of hydrogen-bond donors (Lipinski definition) is 1. The van der Waals surface area contributed by atoms with E-state index in [9.17, 15) is 5.11 Å². The van der Waals surface area contributed by atoms with Crippen molar-refractivity contribution in [1.29, 1.82) is 0 Å². The third-order valence-corrected chi connectivity index (χ3v) is 3.95. The molecule has 0 heterocycles. The highest BCUT2D eigenvalue weighted by molar-refractivity contribution is 5.34. The highest BCUT2D eigenvalue weighted by Crippen LogP contribution is 2.48. The lowest BCUT2D eigenvalue weighted by Crippen LogP contribution is -2.27. The Kier molecular flexibility index (Phi) is 2.62. The van der Waals surface area contributed by atoms with E-state index in [1.54, 1.807) is 0 Å². The molecule has 2 aliphatic rings. The van der Waals surface area contributed by atoms with Crippen LogP contribution in [0.15, 0.2) is 24.3 Å². The second kappa shape index (κ2) is 4.02. The van der Waals surface area contributed by atoms with Gasteiger partial charge in [0.25, 0.3) is 0 Å². The van der Waals surface area contributed by atoms with Gasteiger partial charge in [0.05, 0.1) is 11.7 Å². The fraction of sp³-hybridized carbons (Fsp3) is 0.600. The van der Waals surface area contributed by atoms with Gasteiger partial charge in [-0.15, -0.1) is 0 Å². The molecule has 0 radical (unpaired) electrons. The molecule has 1 unspecified atom stereocenters. The first-order chi connectivity index (χ1) is 8.22. The van der Waals surface area contributed by atoms with Crippen LogP contribution in [-0.4, -0.2) is 11.2 Å². The molecule has 2 nitrogen and oxygen atoms in total. The van der Waals surface area contributed by atoms with Gasteiger partial charge in [-0.25, -0.2) is 0 Å². The number of ether oxygens (including phenoxy) is 1. The van der Waals surface area contributed by atoms with Crippen LogP contribution in [-0.2, 0) is 5.60 Å². The summed E-state index contributed by atoms with van der Waals surface area (Å²) in [4.78, 5) is 0. The second-order valence-electron chi connectivity index (χ2n) is 5.40. The SMILES string of the molecule is CCC(O)(c1cccc(OC2CC2)c1)C1CC1. The average Bonchev–Trinajstić information content (AvgIpc) is 3.20. The van der Waals surface area contributed by atoms with E-state index < -0.39 is 5.60 Å². The minimum atomic E-state index is -0.636. The van der Waals surface area contributed by atoms with Crippen LogP contribution in [0.2, 0.25) is 0 Å². The largest absolute Gasteiger partial charge is 0.490 e. The predicted octanol–water partition coefficient (Wildman–Crippen LogP) is 3.24. The van der Waals surface area contributed by atoms with Gasteiger partial charge in [-0.1, -0.05) is 19.1 Å². The molecular formula is C15H20O2. The van der Waals surface area contributed by atoms with Gasteiger partial charge in [0.1, 0.15) is 5.75 Å². The Morgan fingerprint density at radius 1 is 1.29 bits per heavy atom. The lowest BCUT2D eigenvalue weighted by molar-refractivity contribution is 0.00866. The molecule has 3 rings (SSSR count). The van der Waals surface area contributed by atoms with E-state index in [-0.39, 0.29) is 0 Å². The first-order valence-corrected chi connectivity index (χ1v) is 6.72. The predicted molar refractivity (Wildman–Crippen MR) is 67.0 cm³/mol. The van der Waals surface area contributed by atoms with Gasteiger partial charge in [-0.2, -0.15) is 0 Å². The Morgan fingerprint density at radius 2 is 2.06 bits per heavy atom. The Morgan fingerprint density at radius 3 is 2.65 bits per heavy atom. The van der Waals surface area contributed by atoms with Gasteiger partial charge in [0, 0.05) is 0 Å². The van der Waals surface area contributed by atoms with Crippen molar-refractivity contribution in [3.8, 4) is 5.75 Å². The van der Waals surface area contributed by atoms with Crippen molar-refractivity contribution in [2.75, 3.05) is 0 Å². The molecule has 2 heteroatoms. The summed E-state index contributed by atoms with van der Waals surface area (Å²) in [5.41, 5.74) is 0.392. The van der Waals surface area contributed by atoms with Crippen molar-refractivity contribution in [2.45, 2.75) is 50.7 Å². The fourth-order valence-electron chi connectivity index (χ4n) is 2.51. The Labute approximate surface area is 103 Å². The van der Waals surface area contributed by atoms with Crippen molar-refractivity contribution in [3.05, 3.63) is 29.8 Å². The summed E-state index contributed by atoms with van der Waals surface area (Å²) in [5, 5.41) is 10.7. The highest BCUT2D eigenvalue weighted by Gasteiger charge is 2.43. The summed E-state index contributed by atoms with van der Waals surface area (Å²) in [5.74, 6) is 1.36. The monoisotopic (exact) mass is 232 g/mol. The van der Waals surface area contributed by atoms with Crippen LogP contribution in [0.1, 0.15) is 44.6 Å². The maximum Gasteiger partial charge on any atom is 0.120 e. The Balaban J connectivity index is 1.84. The molecule has 1 atom stereocenters. The number of rotatable bonds is 5. The molecule has 1 aromatic carbocycles. The van der Waals surface area contributed by atoms with E-state index in [1.165, 1.54) is 12.8 Å².